The van der Waals surface area contributed by atoms with Gasteiger partial charge < -0.3 is 5.32 Å². The zero-order chi connectivity index (χ0) is 20.1. The molecule has 1 aromatic carbocycles. The number of pyridine rings is 1. The Bertz CT molecular complexity index is 984. The minimum atomic E-state index is -3.11. The topological polar surface area (TPSA) is 54.4 Å². The minimum Gasteiger partial charge on any atom is -0.309 e. The van der Waals surface area contributed by atoms with E-state index in [2.05, 4.69) is 15.3 Å². The van der Waals surface area contributed by atoms with Crippen molar-refractivity contribution in [3.05, 3.63) is 64.5 Å². The van der Waals surface area contributed by atoms with Crippen LogP contribution in [-0.2, 0) is 22.6 Å². The van der Waals surface area contributed by atoms with Gasteiger partial charge in [0, 0.05) is 29.9 Å². The Labute approximate surface area is 158 Å². The second-order valence-electron chi connectivity index (χ2n) is 7.09. The van der Waals surface area contributed by atoms with Crippen LogP contribution in [0.25, 0.3) is 0 Å². The number of carbonyl (C=O) groups excluding carboxylic acids is 1. The number of fused-ring (bicyclic) bond motifs is 4. The average Bonchev–Trinajstić information content (AvgIpc) is 3.03. The summed E-state index contributed by atoms with van der Waals surface area (Å²) in [6.45, 7) is -0.00781. The maximum atomic E-state index is 14.0. The molecule has 0 radical (unpaired) electrons. The van der Waals surface area contributed by atoms with Gasteiger partial charge in [0.1, 0.15) is 17.8 Å². The zero-order valence-corrected chi connectivity index (χ0v) is 15.0. The summed E-state index contributed by atoms with van der Waals surface area (Å²) in [6, 6.07) is 7.41. The lowest BCUT2D eigenvalue weighted by molar-refractivity contribution is -0.124. The molecule has 146 valence electrons. The molecule has 8 heteroatoms. The number of hydrogen-bond acceptors (Lipinski definition) is 3. The van der Waals surface area contributed by atoms with Gasteiger partial charge in [-0.1, -0.05) is 18.2 Å². The number of nitrogens with one attached hydrogen (secondary N) is 1. The van der Waals surface area contributed by atoms with E-state index >= 15 is 0 Å². The number of amides is 1. The summed E-state index contributed by atoms with van der Waals surface area (Å²) in [5, 5.41) is 2.62. The SMILES string of the molecule is CC(F)(F)c1ccc2c(c1)[C@]1(CCc3ncccc31)C(=O)NC2=NCC(F)F. The molecule has 2 heterocycles. The van der Waals surface area contributed by atoms with Crippen LogP contribution < -0.4 is 5.32 Å². The van der Waals surface area contributed by atoms with Crippen LogP contribution in [-0.4, -0.2) is 29.7 Å². The number of aromatic nitrogens is 1. The Morgan fingerprint density at radius 3 is 2.79 bits per heavy atom. The number of rotatable bonds is 3. The van der Waals surface area contributed by atoms with Crippen molar-refractivity contribution in [3.63, 3.8) is 0 Å². The van der Waals surface area contributed by atoms with Gasteiger partial charge in [-0.15, -0.1) is 0 Å². The number of alkyl halides is 4. The Kier molecular flexibility index (Phi) is 4.24. The Hall–Kier alpha value is -2.77. The Morgan fingerprint density at radius 1 is 1.29 bits per heavy atom. The maximum Gasteiger partial charge on any atom is 0.270 e. The third-order valence-corrected chi connectivity index (χ3v) is 5.34. The molecule has 1 spiro atoms. The fourth-order valence-electron chi connectivity index (χ4n) is 4.05. The summed E-state index contributed by atoms with van der Waals surface area (Å²) < 4.78 is 53.3. The van der Waals surface area contributed by atoms with Gasteiger partial charge in [-0.2, -0.15) is 0 Å². The summed E-state index contributed by atoms with van der Waals surface area (Å²) in [5.74, 6) is -3.59. The number of nitrogens with zero attached hydrogens (tertiary/aromatic N) is 2. The van der Waals surface area contributed by atoms with E-state index in [4.69, 9.17) is 0 Å². The molecule has 4 nitrogen and oxygen atoms in total. The van der Waals surface area contributed by atoms with Crippen LogP contribution in [0.2, 0.25) is 0 Å². The van der Waals surface area contributed by atoms with Gasteiger partial charge in [0.2, 0.25) is 5.91 Å². The molecule has 0 fully saturated rings. The van der Waals surface area contributed by atoms with Crippen molar-refractivity contribution in [2.45, 2.75) is 37.5 Å². The van der Waals surface area contributed by atoms with Gasteiger partial charge in [0.15, 0.2) is 0 Å². The summed E-state index contributed by atoms with van der Waals surface area (Å²) in [4.78, 5) is 21.3. The molecular weight excluding hydrogens is 374 g/mol. The van der Waals surface area contributed by atoms with Gasteiger partial charge in [-0.3, -0.25) is 14.8 Å². The van der Waals surface area contributed by atoms with E-state index in [1.54, 1.807) is 18.3 Å². The fraction of sp³-hybridized carbons (Fsp3) is 0.350. The summed E-state index contributed by atoms with van der Waals surface area (Å²) in [6.07, 6.45) is -0.191. The van der Waals surface area contributed by atoms with E-state index in [1.165, 1.54) is 18.2 Å². The van der Waals surface area contributed by atoms with Gasteiger partial charge in [0.05, 0.1) is 0 Å². The molecule has 1 aliphatic heterocycles. The van der Waals surface area contributed by atoms with Crippen molar-refractivity contribution >= 4 is 11.7 Å². The number of aryl methyl sites for hydroxylation is 1. The second kappa shape index (κ2) is 6.39. The Balaban J connectivity index is 1.97. The number of benzene rings is 1. The molecule has 0 saturated carbocycles. The van der Waals surface area contributed by atoms with E-state index in [0.29, 0.717) is 29.5 Å². The number of carbonyl (C=O) groups is 1. The van der Waals surface area contributed by atoms with Gasteiger partial charge in [0.25, 0.3) is 12.3 Å². The third kappa shape index (κ3) is 2.78. The molecule has 4 rings (SSSR count). The van der Waals surface area contributed by atoms with Crippen LogP contribution in [0.4, 0.5) is 17.6 Å². The van der Waals surface area contributed by atoms with Crippen molar-refractivity contribution in [2.24, 2.45) is 4.99 Å². The summed E-state index contributed by atoms with van der Waals surface area (Å²) in [7, 11) is 0. The molecule has 1 N–H and O–H groups in total. The second-order valence-corrected chi connectivity index (χ2v) is 7.09. The van der Waals surface area contributed by atoms with E-state index < -0.39 is 30.2 Å². The largest absolute Gasteiger partial charge is 0.309 e. The first kappa shape index (κ1) is 18.6. The van der Waals surface area contributed by atoms with Crippen molar-refractivity contribution < 1.29 is 22.4 Å². The van der Waals surface area contributed by atoms with Crippen LogP contribution >= 0.6 is 0 Å². The molecule has 2 aliphatic rings. The predicted molar refractivity (Wildman–Crippen MR) is 94.9 cm³/mol. The highest BCUT2D eigenvalue weighted by atomic mass is 19.3. The van der Waals surface area contributed by atoms with Crippen molar-refractivity contribution in [2.75, 3.05) is 6.54 Å². The van der Waals surface area contributed by atoms with Crippen LogP contribution in [0, 0.1) is 0 Å². The normalized spacial score (nSPS) is 22.5. The quantitative estimate of drug-likeness (QED) is 0.814. The first-order valence-corrected chi connectivity index (χ1v) is 8.85. The van der Waals surface area contributed by atoms with Gasteiger partial charge in [-0.25, -0.2) is 17.6 Å². The zero-order valence-electron chi connectivity index (χ0n) is 15.0. The van der Waals surface area contributed by atoms with Crippen LogP contribution in [0.15, 0.2) is 41.5 Å². The summed E-state index contributed by atoms with van der Waals surface area (Å²) >= 11 is 0. The smallest absolute Gasteiger partial charge is 0.270 e. The molecule has 1 aromatic heterocycles. The monoisotopic (exact) mass is 391 g/mol. The fourth-order valence-corrected chi connectivity index (χ4v) is 4.05. The molecule has 2 aromatic rings. The van der Waals surface area contributed by atoms with E-state index in [-0.39, 0.29) is 11.4 Å². The van der Waals surface area contributed by atoms with Crippen molar-refractivity contribution in [3.8, 4) is 0 Å². The van der Waals surface area contributed by atoms with Crippen LogP contribution in [0.1, 0.15) is 41.3 Å². The number of halogens is 4. The average molecular weight is 391 g/mol. The number of hydrogen-bond donors (Lipinski definition) is 1. The Morgan fingerprint density at radius 2 is 2.07 bits per heavy atom. The molecule has 0 unspecified atom stereocenters. The molecule has 1 aliphatic carbocycles. The molecular formula is C20H17F4N3O. The summed E-state index contributed by atoms with van der Waals surface area (Å²) in [5.41, 5.74) is 0.679. The third-order valence-electron chi connectivity index (χ3n) is 5.34. The molecule has 0 saturated heterocycles. The van der Waals surface area contributed by atoms with E-state index in [1.807, 2.05) is 0 Å². The lowest BCUT2D eigenvalue weighted by Crippen LogP contribution is -2.52. The first-order chi connectivity index (χ1) is 13.2. The highest BCUT2D eigenvalue weighted by Gasteiger charge is 2.52. The molecule has 1 atom stereocenters. The van der Waals surface area contributed by atoms with Crippen LogP contribution in [0.5, 0.6) is 0 Å². The highest BCUT2D eigenvalue weighted by Crippen LogP contribution is 2.47. The lowest BCUT2D eigenvalue weighted by Gasteiger charge is -2.36. The van der Waals surface area contributed by atoms with E-state index in [9.17, 15) is 22.4 Å². The van der Waals surface area contributed by atoms with Crippen LogP contribution in [0.3, 0.4) is 0 Å². The minimum absolute atomic E-state index is 0.0192. The van der Waals surface area contributed by atoms with Gasteiger partial charge >= 0.3 is 0 Å². The number of aliphatic imine (C=N–C) groups is 1. The molecule has 0 bridgehead atoms. The molecule has 1 amide bonds. The maximum absolute atomic E-state index is 14.0. The number of amidine groups is 1. The predicted octanol–water partition coefficient (Wildman–Crippen LogP) is 3.57. The standard InChI is InChI=1S/C20H17F4N3O/c1-19(23,24)11-4-5-12-14(9-11)20(7-6-15-13(20)3-2-8-25-15)18(28)27-17(12)26-10-16(21)22/h2-5,8-9,16H,6-7,10H2,1H3,(H,26,27,28)/t20-/m1/s1. The van der Waals surface area contributed by atoms with E-state index in [0.717, 1.165) is 12.6 Å². The van der Waals surface area contributed by atoms with Crippen molar-refractivity contribution in [1.29, 1.82) is 0 Å². The first-order valence-electron chi connectivity index (χ1n) is 8.85. The lowest BCUT2D eigenvalue weighted by atomic mass is 9.70. The highest BCUT2D eigenvalue weighted by molar-refractivity contribution is 6.17. The van der Waals surface area contributed by atoms with Crippen molar-refractivity contribution in [1.82, 2.24) is 10.3 Å². The molecule has 28 heavy (non-hydrogen) atoms. The van der Waals surface area contributed by atoms with Gasteiger partial charge in [-0.05, 0) is 36.1 Å².